The van der Waals surface area contributed by atoms with Crippen LogP contribution in [0.4, 0.5) is 0 Å². The van der Waals surface area contributed by atoms with Crippen LogP contribution >= 0.6 is 34.2 Å². The average molecular weight is 318 g/mol. The highest BCUT2D eigenvalue weighted by molar-refractivity contribution is 14.1. The van der Waals surface area contributed by atoms with E-state index in [1.54, 1.807) is 0 Å². The van der Waals surface area contributed by atoms with Gasteiger partial charge in [-0.15, -0.1) is 0 Å². The van der Waals surface area contributed by atoms with Gasteiger partial charge in [-0.3, -0.25) is 4.98 Å². The number of aromatic nitrogens is 1. The molecule has 0 saturated carbocycles. The molecule has 72 valence electrons. The number of halogens is 2. The highest BCUT2D eigenvalue weighted by Crippen LogP contribution is 2.30. The third-order valence-electron chi connectivity index (χ3n) is 2.32. The van der Waals surface area contributed by atoms with Gasteiger partial charge in [0.2, 0.25) is 0 Å². The van der Waals surface area contributed by atoms with E-state index in [4.69, 9.17) is 11.6 Å². The summed E-state index contributed by atoms with van der Waals surface area (Å²) in [4.78, 5) is 4.41. The molecule has 2 rings (SSSR count). The fourth-order valence-corrected chi connectivity index (χ4v) is 2.23. The molecule has 1 heterocycles. The maximum Gasteiger partial charge on any atom is 0.0749 e. The molecule has 0 fully saturated rings. The molecule has 1 aromatic carbocycles. The van der Waals surface area contributed by atoms with Gasteiger partial charge in [0, 0.05) is 11.6 Å². The Balaban J connectivity index is 3.01. The van der Waals surface area contributed by atoms with Crippen LogP contribution in [-0.4, -0.2) is 4.98 Å². The van der Waals surface area contributed by atoms with Gasteiger partial charge in [0.25, 0.3) is 0 Å². The molecule has 0 bridgehead atoms. The molecule has 0 aliphatic carbocycles. The van der Waals surface area contributed by atoms with Crippen molar-refractivity contribution in [3.05, 3.63) is 38.0 Å². The Hall–Kier alpha value is -0.350. The first-order chi connectivity index (χ1) is 6.61. The molecule has 0 atom stereocenters. The van der Waals surface area contributed by atoms with Crippen molar-refractivity contribution >= 4 is 45.1 Å². The summed E-state index contributed by atoms with van der Waals surface area (Å²) in [5, 5.41) is 1.90. The van der Waals surface area contributed by atoms with E-state index < -0.39 is 0 Å². The van der Waals surface area contributed by atoms with Gasteiger partial charge in [0.05, 0.1) is 14.1 Å². The number of rotatable bonds is 0. The molecule has 0 N–H and O–H groups in total. The van der Waals surface area contributed by atoms with E-state index in [0.717, 1.165) is 19.5 Å². The van der Waals surface area contributed by atoms with Crippen molar-refractivity contribution in [1.82, 2.24) is 4.98 Å². The van der Waals surface area contributed by atoms with Gasteiger partial charge in [0.15, 0.2) is 0 Å². The number of hydrogen-bond donors (Lipinski definition) is 0. The fourth-order valence-electron chi connectivity index (χ4n) is 1.54. The Morgan fingerprint density at radius 2 is 1.86 bits per heavy atom. The van der Waals surface area contributed by atoms with Crippen molar-refractivity contribution in [3.63, 3.8) is 0 Å². The van der Waals surface area contributed by atoms with Crippen LogP contribution in [-0.2, 0) is 0 Å². The van der Waals surface area contributed by atoms with Crippen LogP contribution in [0.3, 0.4) is 0 Å². The number of hydrogen-bond acceptors (Lipinski definition) is 1. The summed E-state index contributed by atoms with van der Waals surface area (Å²) in [6.07, 6.45) is 1.82. The number of nitrogens with zero attached hydrogens (tertiary/aromatic N) is 1. The quantitative estimate of drug-likeness (QED) is 0.666. The van der Waals surface area contributed by atoms with Gasteiger partial charge in [-0.05, 0) is 47.6 Å². The Morgan fingerprint density at radius 1 is 1.21 bits per heavy atom. The van der Waals surface area contributed by atoms with E-state index in [1.165, 1.54) is 11.1 Å². The molecule has 2 aromatic rings. The number of fused-ring (bicyclic) bond motifs is 1. The summed E-state index contributed by atoms with van der Waals surface area (Å²) in [7, 11) is 0. The zero-order chi connectivity index (χ0) is 10.3. The SMILES string of the molecule is Cc1ccc(C)c2c(Cl)c(I)cnc12. The van der Waals surface area contributed by atoms with Gasteiger partial charge in [0.1, 0.15) is 0 Å². The summed E-state index contributed by atoms with van der Waals surface area (Å²) in [5.74, 6) is 0. The second-order valence-corrected chi connectivity index (χ2v) is 4.88. The zero-order valence-electron chi connectivity index (χ0n) is 7.94. The Labute approximate surface area is 102 Å². The lowest BCUT2D eigenvalue weighted by atomic mass is 10.1. The number of benzene rings is 1. The smallest absolute Gasteiger partial charge is 0.0749 e. The Bertz CT molecular complexity index is 508. The molecule has 0 unspecified atom stereocenters. The number of aryl methyl sites for hydroxylation is 2. The summed E-state index contributed by atoms with van der Waals surface area (Å²) >= 11 is 8.46. The highest BCUT2D eigenvalue weighted by atomic mass is 127. The van der Waals surface area contributed by atoms with E-state index in [2.05, 4.69) is 53.6 Å². The van der Waals surface area contributed by atoms with E-state index >= 15 is 0 Å². The average Bonchev–Trinajstić information content (AvgIpc) is 2.16. The third kappa shape index (κ3) is 1.50. The molecule has 1 aromatic heterocycles. The second kappa shape index (κ2) is 3.66. The van der Waals surface area contributed by atoms with Gasteiger partial charge in [-0.2, -0.15) is 0 Å². The van der Waals surface area contributed by atoms with Crippen LogP contribution in [0, 0.1) is 17.4 Å². The standard InChI is InChI=1S/C11H9ClIN/c1-6-3-4-7(2)11-9(6)10(12)8(13)5-14-11/h3-5H,1-2H3. The van der Waals surface area contributed by atoms with E-state index in [9.17, 15) is 0 Å². The fraction of sp³-hybridized carbons (Fsp3) is 0.182. The van der Waals surface area contributed by atoms with Gasteiger partial charge in [-0.1, -0.05) is 23.7 Å². The van der Waals surface area contributed by atoms with Gasteiger partial charge < -0.3 is 0 Å². The van der Waals surface area contributed by atoms with Crippen molar-refractivity contribution in [1.29, 1.82) is 0 Å². The third-order valence-corrected chi connectivity index (χ3v) is 3.85. The summed E-state index contributed by atoms with van der Waals surface area (Å²) in [6.45, 7) is 4.11. The molecule has 0 radical (unpaired) electrons. The van der Waals surface area contributed by atoms with E-state index in [1.807, 2.05) is 6.20 Å². The first-order valence-electron chi connectivity index (χ1n) is 4.31. The summed E-state index contributed by atoms with van der Waals surface area (Å²) in [5.41, 5.74) is 3.36. The molecule has 0 saturated heterocycles. The molecule has 3 heteroatoms. The van der Waals surface area contributed by atoms with Crippen molar-refractivity contribution in [2.45, 2.75) is 13.8 Å². The molecule has 0 aliphatic heterocycles. The first-order valence-corrected chi connectivity index (χ1v) is 5.77. The second-order valence-electron chi connectivity index (χ2n) is 3.34. The maximum atomic E-state index is 6.26. The van der Waals surface area contributed by atoms with Crippen LogP contribution in [0.15, 0.2) is 18.3 Å². The molecule has 1 nitrogen and oxygen atoms in total. The Morgan fingerprint density at radius 3 is 2.57 bits per heavy atom. The van der Waals surface area contributed by atoms with Crippen LogP contribution in [0.2, 0.25) is 5.02 Å². The Kier molecular flexibility index (Phi) is 2.66. The minimum Gasteiger partial charge on any atom is -0.255 e. The van der Waals surface area contributed by atoms with Crippen molar-refractivity contribution < 1.29 is 0 Å². The predicted molar refractivity (Wildman–Crippen MR) is 68.9 cm³/mol. The molecule has 14 heavy (non-hydrogen) atoms. The normalized spacial score (nSPS) is 10.9. The maximum absolute atomic E-state index is 6.26. The van der Waals surface area contributed by atoms with Crippen LogP contribution < -0.4 is 0 Å². The monoisotopic (exact) mass is 317 g/mol. The van der Waals surface area contributed by atoms with E-state index in [0.29, 0.717) is 0 Å². The molecule has 0 amide bonds. The number of pyridine rings is 1. The lowest BCUT2D eigenvalue weighted by Gasteiger charge is -2.07. The summed E-state index contributed by atoms with van der Waals surface area (Å²) in [6, 6.07) is 4.16. The first kappa shape index (κ1) is 10.2. The highest BCUT2D eigenvalue weighted by Gasteiger charge is 2.08. The van der Waals surface area contributed by atoms with Gasteiger partial charge in [-0.25, -0.2) is 0 Å². The largest absolute Gasteiger partial charge is 0.255 e. The summed E-state index contributed by atoms with van der Waals surface area (Å²) < 4.78 is 1.01. The zero-order valence-corrected chi connectivity index (χ0v) is 10.8. The topological polar surface area (TPSA) is 12.9 Å². The van der Waals surface area contributed by atoms with Crippen molar-refractivity contribution in [3.8, 4) is 0 Å². The van der Waals surface area contributed by atoms with Crippen LogP contribution in [0.1, 0.15) is 11.1 Å². The minimum atomic E-state index is 0.816. The lowest BCUT2D eigenvalue weighted by molar-refractivity contribution is 1.33. The predicted octanol–water partition coefficient (Wildman–Crippen LogP) is 4.11. The molecular weight excluding hydrogens is 308 g/mol. The van der Waals surface area contributed by atoms with Gasteiger partial charge >= 0.3 is 0 Å². The van der Waals surface area contributed by atoms with Crippen LogP contribution in [0.5, 0.6) is 0 Å². The van der Waals surface area contributed by atoms with Crippen molar-refractivity contribution in [2.24, 2.45) is 0 Å². The molecule has 0 aliphatic rings. The van der Waals surface area contributed by atoms with Crippen LogP contribution in [0.25, 0.3) is 10.9 Å². The van der Waals surface area contributed by atoms with Crippen molar-refractivity contribution in [2.75, 3.05) is 0 Å². The molecule has 0 spiro atoms. The molecular formula is C11H9ClIN. The van der Waals surface area contributed by atoms with E-state index in [-0.39, 0.29) is 0 Å². The lowest BCUT2D eigenvalue weighted by Crippen LogP contribution is -1.89. The minimum absolute atomic E-state index is 0.816.